The van der Waals surface area contributed by atoms with Crippen LogP contribution < -0.4 is 15.5 Å². The molecule has 8 heteroatoms. The number of likely N-dealkylation sites (N-methyl/N-ethyl adjacent to an activating group) is 1. The van der Waals surface area contributed by atoms with Crippen LogP contribution in [0.5, 0.6) is 0 Å². The Morgan fingerprint density at radius 2 is 1.76 bits per heavy atom. The molecule has 0 aliphatic carbocycles. The van der Waals surface area contributed by atoms with Gasteiger partial charge in [0.05, 0.1) is 10.7 Å². The molecule has 0 unspecified atom stereocenters. The summed E-state index contributed by atoms with van der Waals surface area (Å²) in [5.41, 5.74) is 2.60. The van der Waals surface area contributed by atoms with E-state index in [0.29, 0.717) is 10.0 Å². The first kappa shape index (κ1) is 21.6. The highest BCUT2D eigenvalue weighted by molar-refractivity contribution is 7.80. The predicted octanol–water partition coefficient (Wildman–Crippen LogP) is 4.27. The molecule has 2 aromatic carbocycles. The van der Waals surface area contributed by atoms with Crippen molar-refractivity contribution in [1.82, 2.24) is 10.2 Å². The van der Waals surface area contributed by atoms with Crippen molar-refractivity contribution in [2.75, 3.05) is 43.4 Å². The van der Waals surface area contributed by atoms with Crippen molar-refractivity contribution in [1.29, 1.82) is 0 Å². The van der Waals surface area contributed by atoms with E-state index in [4.69, 9.17) is 35.4 Å². The number of rotatable bonds is 4. The molecule has 1 heterocycles. The number of hydrogen-bond acceptors (Lipinski definition) is 4. The van der Waals surface area contributed by atoms with E-state index in [-0.39, 0.29) is 11.0 Å². The fourth-order valence-electron chi connectivity index (χ4n) is 2.95. The molecule has 3 rings (SSSR count). The standard InChI is InChI=1S/C21H22Cl2N4OS/c1-26-10-12-27(13-11-26)19-8-7-17(14-18(19)23)24-21(29)25-20(28)9-4-15-2-5-16(22)6-3-15/h2-9,14H,10-13H2,1H3,(H2,24,25,28,29)/b9-4+. The maximum atomic E-state index is 12.0. The average Bonchev–Trinajstić information content (AvgIpc) is 2.68. The lowest BCUT2D eigenvalue weighted by Gasteiger charge is -2.34. The SMILES string of the molecule is CN1CCN(c2ccc(NC(=S)NC(=O)/C=C/c3ccc(Cl)cc3)cc2Cl)CC1. The molecule has 0 aromatic heterocycles. The Morgan fingerprint density at radius 1 is 1.07 bits per heavy atom. The van der Waals surface area contributed by atoms with Crippen LogP contribution >= 0.6 is 35.4 Å². The Labute approximate surface area is 186 Å². The van der Waals surface area contributed by atoms with E-state index < -0.39 is 0 Å². The number of anilines is 2. The minimum Gasteiger partial charge on any atom is -0.368 e. The van der Waals surface area contributed by atoms with E-state index in [1.807, 2.05) is 30.3 Å². The van der Waals surface area contributed by atoms with E-state index >= 15 is 0 Å². The molecule has 0 radical (unpaired) electrons. The van der Waals surface area contributed by atoms with Crippen molar-refractivity contribution in [3.05, 3.63) is 64.1 Å². The number of benzene rings is 2. The quantitative estimate of drug-likeness (QED) is 0.539. The largest absolute Gasteiger partial charge is 0.368 e. The molecule has 0 bridgehead atoms. The molecule has 29 heavy (non-hydrogen) atoms. The first-order valence-corrected chi connectivity index (χ1v) is 10.4. The molecule has 2 N–H and O–H groups in total. The zero-order valence-corrected chi connectivity index (χ0v) is 18.3. The minimum absolute atomic E-state index is 0.208. The number of halogens is 2. The summed E-state index contributed by atoms with van der Waals surface area (Å²) in [7, 11) is 2.12. The van der Waals surface area contributed by atoms with Crippen LogP contribution in [0.3, 0.4) is 0 Å². The third kappa shape index (κ3) is 6.44. The first-order valence-electron chi connectivity index (χ1n) is 9.19. The third-order valence-corrected chi connectivity index (χ3v) is 5.34. The van der Waals surface area contributed by atoms with Crippen molar-refractivity contribution in [3.8, 4) is 0 Å². The molecular weight excluding hydrogens is 427 g/mol. The van der Waals surface area contributed by atoms with Gasteiger partial charge in [0.25, 0.3) is 0 Å². The molecule has 1 fully saturated rings. The van der Waals surface area contributed by atoms with Crippen molar-refractivity contribution in [2.24, 2.45) is 0 Å². The summed E-state index contributed by atoms with van der Waals surface area (Å²) in [6.07, 6.45) is 3.11. The molecule has 0 atom stereocenters. The van der Waals surface area contributed by atoms with Crippen LogP contribution in [-0.2, 0) is 4.79 Å². The van der Waals surface area contributed by atoms with E-state index in [1.54, 1.807) is 18.2 Å². The first-order chi connectivity index (χ1) is 13.9. The van der Waals surface area contributed by atoms with Gasteiger partial charge in [-0.2, -0.15) is 0 Å². The van der Waals surface area contributed by atoms with Gasteiger partial charge < -0.3 is 15.1 Å². The smallest absolute Gasteiger partial charge is 0.250 e. The van der Waals surface area contributed by atoms with Gasteiger partial charge in [0.1, 0.15) is 0 Å². The van der Waals surface area contributed by atoms with Crippen LogP contribution in [-0.4, -0.2) is 49.1 Å². The van der Waals surface area contributed by atoms with Crippen LogP contribution in [0.15, 0.2) is 48.5 Å². The number of carbonyl (C=O) groups excluding carboxylic acids is 1. The van der Waals surface area contributed by atoms with Gasteiger partial charge in [-0.15, -0.1) is 0 Å². The summed E-state index contributed by atoms with van der Waals surface area (Å²) in [4.78, 5) is 16.6. The van der Waals surface area contributed by atoms with Crippen LogP contribution in [0.1, 0.15) is 5.56 Å². The van der Waals surface area contributed by atoms with E-state index in [2.05, 4.69) is 27.5 Å². The summed E-state index contributed by atoms with van der Waals surface area (Å²) in [6.45, 7) is 3.90. The van der Waals surface area contributed by atoms with Crippen molar-refractivity contribution >= 4 is 63.9 Å². The monoisotopic (exact) mass is 448 g/mol. The molecule has 5 nitrogen and oxygen atoms in total. The highest BCUT2D eigenvalue weighted by Gasteiger charge is 2.16. The number of hydrogen-bond donors (Lipinski definition) is 2. The maximum Gasteiger partial charge on any atom is 0.250 e. The summed E-state index contributed by atoms with van der Waals surface area (Å²) < 4.78 is 0. The minimum atomic E-state index is -0.322. The lowest BCUT2D eigenvalue weighted by molar-refractivity contribution is -0.115. The molecule has 0 saturated carbocycles. The molecule has 1 aliphatic heterocycles. The molecule has 1 amide bonds. The molecule has 152 valence electrons. The highest BCUT2D eigenvalue weighted by Crippen LogP contribution is 2.29. The van der Waals surface area contributed by atoms with Gasteiger partial charge in [0, 0.05) is 43.0 Å². The molecule has 1 aliphatic rings. The lowest BCUT2D eigenvalue weighted by Crippen LogP contribution is -2.44. The average molecular weight is 449 g/mol. The second kappa shape index (κ2) is 10.1. The maximum absolute atomic E-state index is 12.0. The number of thiocarbonyl (C=S) groups is 1. The van der Waals surface area contributed by atoms with Gasteiger partial charge in [-0.1, -0.05) is 35.3 Å². The number of piperazine rings is 1. The molecule has 1 saturated heterocycles. The van der Waals surface area contributed by atoms with Gasteiger partial charge in [0.2, 0.25) is 5.91 Å². The molecular formula is C21H22Cl2N4OS. The van der Waals surface area contributed by atoms with E-state index in [9.17, 15) is 4.79 Å². The molecule has 2 aromatic rings. The van der Waals surface area contributed by atoms with Crippen LogP contribution in [0, 0.1) is 0 Å². The fraction of sp³-hybridized carbons (Fsp3) is 0.238. The highest BCUT2D eigenvalue weighted by atomic mass is 35.5. The number of nitrogens with zero attached hydrogens (tertiary/aromatic N) is 2. The Balaban J connectivity index is 1.54. The second-order valence-corrected chi connectivity index (χ2v) is 8.04. The van der Waals surface area contributed by atoms with Crippen molar-refractivity contribution in [2.45, 2.75) is 0 Å². The summed E-state index contributed by atoms with van der Waals surface area (Å²) in [5.74, 6) is -0.322. The zero-order chi connectivity index (χ0) is 20.8. The van der Waals surface area contributed by atoms with Crippen LogP contribution in [0.4, 0.5) is 11.4 Å². The van der Waals surface area contributed by atoms with Crippen molar-refractivity contribution < 1.29 is 4.79 Å². The number of carbonyl (C=O) groups is 1. The molecule has 0 spiro atoms. The van der Waals surface area contributed by atoms with Gasteiger partial charge >= 0.3 is 0 Å². The third-order valence-electron chi connectivity index (χ3n) is 4.58. The summed E-state index contributed by atoms with van der Waals surface area (Å²) in [5, 5.41) is 7.12. The zero-order valence-electron chi connectivity index (χ0n) is 16.0. The lowest BCUT2D eigenvalue weighted by atomic mass is 10.2. The van der Waals surface area contributed by atoms with E-state index in [0.717, 1.165) is 43.1 Å². The van der Waals surface area contributed by atoms with Crippen LogP contribution in [0.25, 0.3) is 6.08 Å². The predicted molar refractivity (Wildman–Crippen MR) is 126 cm³/mol. The van der Waals surface area contributed by atoms with Gasteiger partial charge in [0.15, 0.2) is 5.11 Å². The van der Waals surface area contributed by atoms with Gasteiger partial charge in [-0.25, -0.2) is 0 Å². The normalized spacial score (nSPS) is 14.8. The van der Waals surface area contributed by atoms with Crippen molar-refractivity contribution in [3.63, 3.8) is 0 Å². The second-order valence-electron chi connectivity index (χ2n) is 6.78. The summed E-state index contributed by atoms with van der Waals surface area (Å²) >= 11 is 17.5. The summed E-state index contributed by atoms with van der Waals surface area (Å²) in [6, 6.07) is 12.9. The van der Waals surface area contributed by atoms with Gasteiger partial charge in [-0.3, -0.25) is 10.1 Å². The van der Waals surface area contributed by atoms with Crippen LogP contribution in [0.2, 0.25) is 10.0 Å². The Hall–Kier alpha value is -2.12. The number of nitrogens with one attached hydrogen (secondary N) is 2. The Bertz CT molecular complexity index is 909. The van der Waals surface area contributed by atoms with E-state index in [1.165, 1.54) is 6.08 Å². The van der Waals surface area contributed by atoms with Gasteiger partial charge in [-0.05, 0) is 61.2 Å². The fourth-order valence-corrected chi connectivity index (χ4v) is 3.59. The topological polar surface area (TPSA) is 47.6 Å². The Morgan fingerprint density at radius 3 is 2.41 bits per heavy atom. The number of amides is 1. The Kier molecular flexibility index (Phi) is 7.50.